The number of hydrogen-bond acceptors (Lipinski definition) is 2. The Balaban J connectivity index is 2.36. The first-order valence-corrected chi connectivity index (χ1v) is 5.97. The minimum atomic E-state index is 0.532. The number of rotatable bonds is 1. The van der Waals surface area contributed by atoms with E-state index in [1.54, 1.807) is 0 Å². The summed E-state index contributed by atoms with van der Waals surface area (Å²) in [6, 6.07) is 14.4. The lowest BCUT2D eigenvalue weighted by molar-refractivity contribution is 1.10. The first-order valence-electron chi connectivity index (χ1n) is 5.97. The molecule has 1 heterocycles. The summed E-state index contributed by atoms with van der Waals surface area (Å²) < 4.78 is 2.00. The molecule has 0 saturated heterocycles. The number of nitrogens with two attached hydrogens (primary N) is 1. The molecule has 90 valence electrons. The van der Waals surface area contributed by atoms with Crippen molar-refractivity contribution in [3.8, 4) is 5.69 Å². The molecule has 0 bridgehead atoms. The van der Waals surface area contributed by atoms with Gasteiger partial charge in [0.05, 0.1) is 11.0 Å². The Morgan fingerprint density at radius 3 is 2.61 bits per heavy atom. The second-order valence-electron chi connectivity index (χ2n) is 4.59. The first kappa shape index (κ1) is 10.8. The van der Waals surface area contributed by atoms with Crippen LogP contribution in [0.4, 0.5) is 5.95 Å². The van der Waals surface area contributed by atoms with Gasteiger partial charge in [0.2, 0.25) is 5.95 Å². The van der Waals surface area contributed by atoms with E-state index in [2.05, 4.69) is 37.0 Å². The predicted octanol–water partition coefficient (Wildman–Crippen LogP) is 3.22. The summed E-state index contributed by atoms with van der Waals surface area (Å²) in [6.07, 6.45) is 0. The molecule has 2 aromatic carbocycles. The number of hydrogen-bond donors (Lipinski definition) is 1. The summed E-state index contributed by atoms with van der Waals surface area (Å²) >= 11 is 0. The minimum absolute atomic E-state index is 0.532. The van der Waals surface area contributed by atoms with Crippen LogP contribution in [0.25, 0.3) is 16.7 Å². The topological polar surface area (TPSA) is 43.8 Å². The molecule has 0 aliphatic heterocycles. The average Bonchev–Trinajstić information content (AvgIpc) is 2.67. The molecule has 0 spiro atoms. The van der Waals surface area contributed by atoms with Crippen LogP contribution in [0, 0.1) is 13.8 Å². The highest BCUT2D eigenvalue weighted by molar-refractivity contribution is 5.83. The maximum atomic E-state index is 6.06. The van der Waals surface area contributed by atoms with Gasteiger partial charge in [-0.25, -0.2) is 4.98 Å². The Hall–Kier alpha value is -2.29. The third kappa shape index (κ3) is 1.56. The molecule has 18 heavy (non-hydrogen) atoms. The number of para-hydroxylation sites is 1. The van der Waals surface area contributed by atoms with Gasteiger partial charge in [0.15, 0.2) is 0 Å². The van der Waals surface area contributed by atoms with E-state index in [1.165, 1.54) is 5.56 Å². The van der Waals surface area contributed by atoms with E-state index in [-0.39, 0.29) is 0 Å². The van der Waals surface area contributed by atoms with Gasteiger partial charge in [0.25, 0.3) is 0 Å². The summed E-state index contributed by atoms with van der Waals surface area (Å²) in [5.41, 5.74) is 11.5. The van der Waals surface area contributed by atoms with Crippen LogP contribution in [0.2, 0.25) is 0 Å². The third-order valence-electron chi connectivity index (χ3n) is 3.17. The van der Waals surface area contributed by atoms with Crippen LogP contribution in [0.15, 0.2) is 42.5 Å². The summed E-state index contributed by atoms with van der Waals surface area (Å²) in [7, 11) is 0. The van der Waals surface area contributed by atoms with Gasteiger partial charge in [-0.05, 0) is 43.2 Å². The number of aromatic nitrogens is 2. The van der Waals surface area contributed by atoms with Crippen LogP contribution in [0.1, 0.15) is 11.1 Å². The Kier molecular flexibility index (Phi) is 2.33. The van der Waals surface area contributed by atoms with Gasteiger partial charge in [-0.2, -0.15) is 0 Å². The van der Waals surface area contributed by atoms with Crippen molar-refractivity contribution in [1.29, 1.82) is 0 Å². The molecule has 3 nitrogen and oxygen atoms in total. The zero-order valence-electron chi connectivity index (χ0n) is 10.5. The van der Waals surface area contributed by atoms with E-state index in [0.29, 0.717) is 5.95 Å². The van der Waals surface area contributed by atoms with Crippen molar-refractivity contribution in [3.05, 3.63) is 53.6 Å². The SMILES string of the molecule is Cc1cccc(-n2c(N)nc3c(C)cccc32)c1. The third-order valence-corrected chi connectivity index (χ3v) is 3.17. The first-order chi connectivity index (χ1) is 8.66. The van der Waals surface area contributed by atoms with Crippen LogP contribution in [-0.4, -0.2) is 9.55 Å². The number of fused-ring (bicyclic) bond motifs is 1. The maximum absolute atomic E-state index is 6.06. The van der Waals surface area contributed by atoms with Gasteiger partial charge in [0, 0.05) is 5.69 Å². The Labute approximate surface area is 106 Å². The molecule has 0 fully saturated rings. The molecule has 0 amide bonds. The van der Waals surface area contributed by atoms with E-state index >= 15 is 0 Å². The number of anilines is 1. The number of aryl methyl sites for hydroxylation is 2. The monoisotopic (exact) mass is 237 g/mol. The fourth-order valence-electron chi connectivity index (χ4n) is 2.30. The van der Waals surface area contributed by atoms with E-state index in [0.717, 1.165) is 22.3 Å². The normalized spacial score (nSPS) is 11.0. The largest absolute Gasteiger partial charge is 0.369 e. The number of imidazole rings is 1. The molecule has 3 aromatic rings. The predicted molar refractivity (Wildman–Crippen MR) is 75.0 cm³/mol. The maximum Gasteiger partial charge on any atom is 0.205 e. The van der Waals surface area contributed by atoms with Gasteiger partial charge in [-0.1, -0.05) is 24.3 Å². The van der Waals surface area contributed by atoms with Gasteiger partial charge in [-0.3, -0.25) is 4.57 Å². The second-order valence-corrected chi connectivity index (χ2v) is 4.59. The van der Waals surface area contributed by atoms with Crippen molar-refractivity contribution in [2.24, 2.45) is 0 Å². The lowest BCUT2D eigenvalue weighted by Gasteiger charge is -2.07. The lowest BCUT2D eigenvalue weighted by atomic mass is 10.2. The fraction of sp³-hybridized carbons (Fsp3) is 0.133. The molecular weight excluding hydrogens is 222 g/mol. The fourth-order valence-corrected chi connectivity index (χ4v) is 2.30. The van der Waals surface area contributed by atoms with Gasteiger partial charge in [-0.15, -0.1) is 0 Å². The molecule has 1 aromatic heterocycles. The highest BCUT2D eigenvalue weighted by atomic mass is 15.2. The van der Waals surface area contributed by atoms with Crippen LogP contribution >= 0.6 is 0 Å². The molecule has 0 aliphatic carbocycles. The number of benzene rings is 2. The summed E-state index contributed by atoms with van der Waals surface area (Å²) in [5, 5.41) is 0. The molecule has 0 aliphatic rings. The van der Waals surface area contributed by atoms with Crippen molar-refractivity contribution in [2.75, 3.05) is 5.73 Å². The number of nitrogens with zero attached hydrogens (tertiary/aromatic N) is 2. The van der Waals surface area contributed by atoms with E-state index < -0.39 is 0 Å². The zero-order valence-corrected chi connectivity index (χ0v) is 10.5. The molecule has 3 rings (SSSR count). The quantitative estimate of drug-likeness (QED) is 0.706. The summed E-state index contributed by atoms with van der Waals surface area (Å²) in [5.74, 6) is 0.532. The van der Waals surface area contributed by atoms with Crippen LogP contribution in [-0.2, 0) is 0 Å². The van der Waals surface area contributed by atoms with Gasteiger partial charge in [0.1, 0.15) is 0 Å². The Morgan fingerprint density at radius 1 is 1.06 bits per heavy atom. The Morgan fingerprint density at radius 2 is 1.83 bits per heavy atom. The van der Waals surface area contributed by atoms with E-state index in [9.17, 15) is 0 Å². The summed E-state index contributed by atoms with van der Waals surface area (Å²) in [6.45, 7) is 4.12. The molecule has 3 heteroatoms. The molecule has 2 N–H and O–H groups in total. The van der Waals surface area contributed by atoms with E-state index in [4.69, 9.17) is 5.73 Å². The smallest absolute Gasteiger partial charge is 0.205 e. The van der Waals surface area contributed by atoms with Crippen LogP contribution in [0.3, 0.4) is 0 Å². The lowest BCUT2D eigenvalue weighted by Crippen LogP contribution is -2.00. The zero-order chi connectivity index (χ0) is 12.7. The number of nitrogen functional groups attached to an aromatic ring is 1. The molecular formula is C15H15N3. The highest BCUT2D eigenvalue weighted by Crippen LogP contribution is 2.25. The molecule has 0 saturated carbocycles. The van der Waals surface area contributed by atoms with Gasteiger partial charge < -0.3 is 5.73 Å². The molecule has 0 atom stereocenters. The van der Waals surface area contributed by atoms with Gasteiger partial charge >= 0.3 is 0 Å². The van der Waals surface area contributed by atoms with Crippen molar-refractivity contribution >= 4 is 17.0 Å². The van der Waals surface area contributed by atoms with Crippen molar-refractivity contribution in [3.63, 3.8) is 0 Å². The van der Waals surface area contributed by atoms with Crippen molar-refractivity contribution in [1.82, 2.24) is 9.55 Å². The van der Waals surface area contributed by atoms with E-state index in [1.807, 2.05) is 28.8 Å². The second kappa shape index (κ2) is 3.88. The minimum Gasteiger partial charge on any atom is -0.369 e. The highest BCUT2D eigenvalue weighted by Gasteiger charge is 2.10. The molecule has 0 radical (unpaired) electrons. The Bertz CT molecular complexity index is 726. The van der Waals surface area contributed by atoms with Crippen LogP contribution < -0.4 is 5.73 Å². The van der Waals surface area contributed by atoms with Crippen LogP contribution in [0.5, 0.6) is 0 Å². The standard InChI is InChI=1S/C15H15N3/c1-10-5-3-7-12(9-10)18-13-8-4-6-11(2)14(13)17-15(18)16/h3-9H,1-2H3,(H2,16,17). The molecule has 0 unspecified atom stereocenters. The van der Waals surface area contributed by atoms with Crippen molar-refractivity contribution in [2.45, 2.75) is 13.8 Å². The summed E-state index contributed by atoms with van der Waals surface area (Å²) in [4.78, 5) is 4.46. The van der Waals surface area contributed by atoms with Crippen molar-refractivity contribution < 1.29 is 0 Å². The average molecular weight is 237 g/mol.